The highest BCUT2D eigenvalue weighted by Crippen LogP contribution is 2.60. The van der Waals surface area contributed by atoms with Crippen LogP contribution in [0.15, 0.2) is 102 Å². The fourth-order valence-corrected chi connectivity index (χ4v) is 14.4. The molecular weight excluding hydrogens is 1070 g/mol. The van der Waals surface area contributed by atoms with Gasteiger partial charge in [-0.05, 0) is 180 Å². The van der Waals surface area contributed by atoms with Crippen LogP contribution in [0.3, 0.4) is 0 Å². The Kier molecular flexibility index (Phi) is 16.8. The van der Waals surface area contributed by atoms with Crippen LogP contribution in [-0.4, -0.2) is 82.3 Å². The Bertz CT molecular complexity index is 3620. The molecule has 3 aliphatic heterocycles. The van der Waals surface area contributed by atoms with Gasteiger partial charge in [-0.15, -0.1) is 5.06 Å². The summed E-state index contributed by atoms with van der Waals surface area (Å²) in [7, 11) is -4.61. The zero-order valence-corrected chi connectivity index (χ0v) is 50.6. The van der Waals surface area contributed by atoms with Gasteiger partial charge in [-0.1, -0.05) is 61.9 Å². The van der Waals surface area contributed by atoms with Crippen molar-refractivity contribution < 1.29 is 55.9 Å². The van der Waals surface area contributed by atoms with Gasteiger partial charge in [-0.25, -0.2) is 4.79 Å². The lowest BCUT2D eigenvalue weighted by Gasteiger charge is -2.33. The van der Waals surface area contributed by atoms with E-state index in [4.69, 9.17) is 4.84 Å². The molecule has 0 bridgehead atoms. The number of unbranched alkanes of at least 4 members (excludes halogenated alkanes) is 2. The minimum absolute atomic E-state index is 0.00915. The highest BCUT2D eigenvalue weighted by molar-refractivity contribution is 7.85. The smallest absolute Gasteiger partial charge is 0.333 e. The molecule has 4 aromatic carbocycles. The topological polar surface area (TPSA) is 193 Å². The summed E-state index contributed by atoms with van der Waals surface area (Å²) in [5, 5.41) is 0.568. The second-order valence-electron chi connectivity index (χ2n) is 24.7. The third-order valence-corrected chi connectivity index (χ3v) is 19.1. The number of benzene rings is 4. The Morgan fingerprint density at radius 1 is 0.614 bits per heavy atom. The zero-order chi connectivity index (χ0) is 60.1. The van der Waals surface area contributed by atoms with E-state index in [0.717, 1.165) is 61.7 Å². The van der Waals surface area contributed by atoms with Crippen LogP contribution < -0.4 is 4.90 Å². The number of nitrogens with zero attached hydrogens (tertiary/aromatic N) is 3. The number of anilines is 1. The highest BCUT2D eigenvalue weighted by Gasteiger charge is 2.51. The minimum atomic E-state index is -4.61. The molecule has 83 heavy (non-hydrogen) atoms. The first-order valence-electron chi connectivity index (χ1n) is 29.3. The number of allylic oxidation sites excluding steroid dienone is 6. The first-order valence-corrected chi connectivity index (χ1v) is 30.7. The molecular formula is C68H78N3O11S+. The summed E-state index contributed by atoms with van der Waals surface area (Å²) in [5.74, 6) is -1.58. The van der Waals surface area contributed by atoms with Gasteiger partial charge < -0.3 is 28.9 Å². The van der Waals surface area contributed by atoms with Crippen LogP contribution >= 0.6 is 0 Å². The molecule has 436 valence electrons. The second-order valence-corrected chi connectivity index (χ2v) is 26.1. The Hall–Kier alpha value is -7.23. The van der Waals surface area contributed by atoms with E-state index in [1.54, 1.807) is 19.9 Å². The summed E-state index contributed by atoms with van der Waals surface area (Å²) in [6, 6.07) is 20.2. The van der Waals surface area contributed by atoms with Crippen LogP contribution in [0.25, 0.3) is 22.3 Å². The average Bonchev–Trinajstić information content (AvgIpc) is 1.68. The monoisotopic (exact) mass is 1140 g/mol. The Labute approximate surface area is 488 Å². The van der Waals surface area contributed by atoms with Crippen molar-refractivity contribution in [2.24, 2.45) is 0 Å². The van der Waals surface area contributed by atoms with E-state index < -0.39 is 44.1 Å². The Balaban J connectivity index is 1.09. The molecule has 0 unspecified atom stereocenters. The maximum absolute atomic E-state index is 12.8. The Morgan fingerprint density at radius 2 is 1.14 bits per heavy atom. The minimum Gasteiger partial charge on any atom is -0.344 e. The van der Waals surface area contributed by atoms with Crippen molar-refractivity contribution >= 4 is 68.1 Å². The fourth-order valence-electron chi connectivity index (χ4n) is 13.9. The normalized spacial score (nSPS) is 18.0. The fraction of sp³-hybridized carbons (Fsp3) is 0.441. The van der Waals surface area contributed by atoms with E-state index in [9.17, 15) is 46.5 Å². The summed E-state index contributed by atoms with van der Waals surface area (Å²) in [6.07, 6.45) is 15.2. The number of hydroxylamine groups is 2. The van der Waals surface area contributed by atoms with Gasteiger partial charge in [-0.2, -0.15) is 13.0 Å². The number of aryl methyl sites for hydroxylation is 1. The lowest BCUT2D eigenvalue weighted by Crippen LogP contribution is -2.31. The predicted octanol–water partition coefficient (Wildman–Crippen LogP) is 12.6. The van der Waals surface area contributed by atoms with Crippen molar-refractivity contribution in [2.45, 2.75) is 186 Å². The predicted molar refractivity (Wildman–Crippen MR) is 320 cm³/mol. The molecule has 5 aliphatic rings. The molecule has 4 aromatic rings. The summed E-state index contributed by atoms with van der Waals surface area (Å²) < 4.78 is 37.9. The van der Waals surface area contributed by atoms with Gasteiger partial charge >= 0.3 is 5.97 Å². The molecule has 0 radical (unpaired) electrons. The third-order valence-electron chi connectivity index (χ3n) is 18.3. The molecule has 15 heteroatoms. The van der Waals surface area contributed by atoms with Crippen LogP contribution in [-0.2, 0) is 70.2 Å². The number of amides is 2. The number of carbonyl (C=O) groups excluding carboxylic acids is 7. The molecule has 9 rings (SSSR count). The number of fused-ring (bicyclic) bond motifs is 8. The van der Waals surface area contributed by atoms with Crippen molar-refractivity contribution in [1.29, 1.82) is 0 Å². The quantitative estimate of drug-likeness (QED) is 0.0230. The summed E-state index contributed by atoms with van der Waals surface area (Å²) in [4.78, 5) is 95.4. The molecule has 14 nitrogen and oxygen atoms in total. The first-order chi connectivity index (χ1) is 39.2. The first kappa shape index (κ1) is 60.4. The zero-order valence-electron chi connectivity index (χ0n) is 49.8. The summed E-state index contributed by atoms with van der Waals surface area (Å²) >= 11 is 0. The number of Topliss-reactive ketones (excluding diaryl/α,β-unsaturated/α-hetero) is 4. The lowest BCUT2D eigenvalue weighted by molar-refractivity contribution is -0.438. The molecule has 0 spiro atoms. The average molecular weight is 1150 g/mol. The van der Waals surface area contributed by atoms with Crippen molar-refractivity contribution in [2.75, 3.05) is 18.0 Å². The van der Waals surface area contributed by atoms with E-state index >= 15 is 0 Å². The van der Waals surface area contributed by atoms with Crippen molar-refractivity contribution in [3.8, 4) is 22.3 Å². The van der Waals surface area contributed by atoms with Gasteiger partial charge in [0.05, 0.1) is 10.3 Å². The number of ketones is 4. The van der Waals surface area contributed by atoms with E-state index in [1.807, 2.05) is 12.2 Å². The molecule has 0 saturated carbocycles. The van der Waals surface area contributed by atoms with Gasteiger partial charge in [-0.3, -0.25) is 14.1 Å². The van der Waals surface area contributed by atoms with Gasteiger partial charge in [0, 0.05) is 103 Å². The van der Waals surface area contributed by atoms with Crippen LogP contribution in [0.5, 0.6) is 0 Å². The summed E-state index contributed by atoms with van der Waals surface area (Å²) in [6.45, 7) is 20.7. The van der Waals surface area contributed by atoms with E-state index in [1.165, 1.54) is 42.7 Å². The van der Waals surface area contributed by atoms with Crippen LogP contribution in [0.2, 0.25) is 0 Å². The molecule has 2 amide bonds. The molecule has 1 saturated heterocycles. The van der Waals surface area contributed by atoms with Crippen molar-refractivity contribution in [3.63, 3.8) is 0 Å². The number of imide groups is 1. The van der Waals surface area contributed by atoms with Gasteiger partial charge in [0.25, 0.3) is 21.9 Å². The number of carbonyl (C=O) groups is 7. The number of hydrogen-bond acceptors (Lipinski definition) is 11. The molecule has 2 aliphatic carbocycles. The molecule has 1 N–H and O–H groups in total. The molecule has 0 atom stereocenters. The SMILES string of the molecule is CCN1C(=CC=CC=CC2=[N+](CCCCCC(=O)ON3C(=O)CCC3=O)c3cc4c(cc3C2(C)C)-c2ccc(S(=O)(=O)O)cc2C4(CCC(C)=O)CCC(C)=O)C(C)(C)c2cc3c(cc21)C(CCC(C)=O)(CCC(C)=O)c1cc(C)ccc1-3. The molecule has 0 aromatic heterocycles. The van der Waals surface area contributed by atoms with Crippen LogP contribution in [0.4, 0.5) is 11.4 Å². The largest absolute Gasteiger partial charge is 0.344 e. The summed E-state index contributed by atoms with van der Waals surface area (Å²) in [5.41, 5.74) is 13.0. The molecule has 3 heterocycles. The van der Waals surface area contributed by atoms with Crippen molar-refractivity contribution in [3.05, 3.63) is 136 Å². The van der Waals surface area contributed by atoms with Crippen molar-refractivity contribution in [1.82, 2.24) is 5.06 Å². The number of rotatable bonds is 24. The standard InChI is InChI=1S/C68H77N3O11S/c1-11-69-58-40-54-50(48-23-21-42(2)36-52(48)67(54,31-27-43(3)72)32-28-44(4)73)38-56(58)65(7,8)60(69)18-14-12-15-19-61-66(9,10)57-39-51-49-24-22-47(83(79,80)81)37-53(49)68(33-29-45(5)74,34-30-46(6)75)55(51)41-59(57)70(61)35-17-13-16-20-64(78)82-71-62(76)25-26-63(71)77/h12,14-15,18-19,21-24,36-41H,11,13,16-17,20,25-35H2,1-10H3/p+1. The number of likely N-dealkylation sites (N-methyl/N-ethyl adjacent to an activating group) is 1. The second kappa shape index (κ2) is 23.1. The van der Waals surface area contributed by atoms with Gasteiger partial charge in [0.15, 0.2) is 5.71 Å². The maximum atomic E-state index is 12.8. The third kappa shape index (κ3) is 11.2. The van der Waals surface area contributed by atoms with Gasteiger partial charge in [0.2, 0.25) is 5.69 Å². The van der Waals surface area contributed by atoms with E-state index in [0.29, 0.717) is 81.5 Å². The number of hydrogen-bond donors (Lipinski definition) is 1. The maximum Gasteiger partial charge on any atom is 0.333 e. The highest BCUT2D eigenvalue weighted by atomic mass is 32.2. The lowest BCUT2D eigenvalue weighted by atomic mass is 9.70. The molecule has 1 fully saturated rings. The van der Waals surface area contributed by atoms with Crippen LogP contribution in [0, 0.1) is 6.92 Å². The van der Waals surface area contributed by atoms with E-state index in [-0.39, 0.29) is 65.5 Å². The Morgan fingerprint density at radius 3 is 1.70 bits per heavy atom. The van der Waals surface area contributed by atoms with E-state index in [2.05, 4.69) is 112 Å². The van der Waals surface area contributed by atoms with Crippen LogP contribution in [0.1, 0.15) is 191 Å². The van der Waals surface area contributed by atoms with Gasteiger partial charge in [0.1, 0.15) is 29.7 Å².